The lowest BCUT2D eigenvalue weighted by Crippen LogP contribution is -2.49. The van der Waals surface area contributed by atoms with Crippen LogP contribution in [0.2, 0.25) is 0 Å². The lowest BCUT2D eigenvalue weighted by atomic mass is 9.84. The lowest BCUT2D eigenvalue weighted by Gasteiger charge is -2.31. The summed E-state index contributed by atoms with van der Waals surface area (Å²) in [5.41, 5.74) is 3.91. The number of benzene rings is 1. The molecule has 0 unspecified atom stereocenters. The average Bonchev–Trinajstić information content (AvgIpc) is 3.36. The van der Waals surface area contributed by atoms with Crippen molar-refractivity contribution in [1.29, 1.82) is 0 Å². The number of nitrogens with zero attached hydrogens (tertiary/aromatic N) is 4. The van der Waals surface area contributed by atoms with E-state index in [0.29, 0.717) is 13.1 Å². The van der Waals surface area contributed by atoms with Gasteiger partial charge in [-0.15, -0.1) is 0 Å². The molecule has 2 aromatic rings. The van der Waals surface area contributed by atoms with Gasteiger partial charge >= 0.3 is 0 Å². The molecule has 2 N–H and O–H groups in total. The highest BCUT2D eigenvalue weighted by Gasteiger charge is 2.42. The molecule has 0 radical (unpaired) electrons. The number of carbonyl (C=O) groups excluding carboxylic acids is 1. The Labute approximate surface area is 185 Å². The molecule has 0 saturated heterocycles. The minimum absolute atomic E-state index is 0.211. The first-order valence-electron chi connectivity index (χ1n) is 11.2. The van der Waals surface area contributed by atoms with Crippen molar-refractivity contribution < 1.29 is 4.79 Å². The number of rotatable bonds is 7. The molecule has 0 bridgehead atoms. The van der Waals surface area contributed by atoms with E-state index in [2.05, 4.69) is 47.8 Å². The second-order valence-corrected chi connectivity index (χ2v) is 8.70. The van der Waals surface area contributed by atoms with Crippen LogP contribution in [0.1, 0.15) is 49.6 Å². The number of carbonyl (C=O) groups is 1. The third-order valence-electron chi connectivity index (χ3n) is 6.00. The zero-order chi connectivity index (χ0) is 22.4. The molecule has 7 heteroatoms. The zero-order valence-electron chi connectivity index (χ0n) is 19.5. The molecular formula is C24H36N6O. The van der Waals surface area contributed by atoms with Crippen LogP contribution < -0.4 is 10.6 Å². The van der Waals surface area contributed by atoms with Gasteiger partial charge in [-0.05, 0) is 51.3 Å². The Hall–Kier alpha value is -2.83. The normalized spacial score (nSPS) is 15.7. The Morgan fingerprint density at radius 2 is 1.90 bits per heavy atom. The highest BCUT2D eigenvalue weighted by molar-refractivity contribution is 5.85. The number of hydrogen-bond acceptors (Lipinski definition) is 3. The summed E-state index contributed by atoms with van der Waals surface area (Å²) in [6.07, 6.45) is 4.06. The van der Waals surface area contributed by atoms with Crippen LogP contribution in [-0.4, -0.2) is 53.7 Å². The summed E-state index contributed by atoms with van der Waals surface area (Å²) >= 11 is 0. The second kappa shape index (κ2) is 9.98. The number of aryl methyl sites for hydroxylation is 2. The second-order valence-electron chi connectivity index (χ2n) is 8.70. The molecule has 1 aromatic heterocycles. The quantitative estimate of drug-likeness (QED) is 0.529. The first-order valence-corrected chi connectivity index (χ1v) is 11.2. The fourth-order valence-electron chi connectivity index (χ4n) is 4.48. The monoisotopic (exact) mass is 424 g/mol. The molecule has 0 spiro atoms. The number of para-hydroxylation sites is 1. The summed E-state index contributed by atoms with van der Waals surface area (Å²) in [6.45, 7) is 8.02. The largest absolute Gasteiger partial charge is 0.357 e. The number of nitrogens with one attached hydrogen (secondary N) is 2. The molecular weight excluding hydrogens is 388 g/mol. The van der Waals surface area contributed by atoms with Crippen molar-refractivity contribution >= 4 is 11.9 Å². The third kappa shape index (κ3) is 5.27. The molecule has 1 amide bonds. The minimum Gasteiger partial charge on any atom is -0.357 e. The molecule has 0 aliphatic heterocycles. The number of hydrogen-bond donors (Lipinski definition) is 2. The van der Waals surface area contributed by atoms with Crippen molar-refractivity contribution in [3.05, 3.63) is 47.3 Å². The van der Waals surface area contributed by atoms with Crippen LogP contribution in [-0.2, 0) is 11.3 Å². The van der Waals surface area contributed by atoms with Gasteiger partial charge in [-0.25, -0.2) is 9.67 Å². The van der Waals surface area contributed by atoms with E-state index < -0.39 is 0 Å². The van der Waals surface area contributed by atoms with Gasteiger partial charge in [-0.1, -0.05) is 31.0 Å². The average molecular weight is 425 g/mol. The highest BCUT2D eigenvalue weighted by atomic mass is 16.2. The molecule has 1 fully saturated rings. The molecule has 168 valence electrons. The summed E-state index contributed by atoms with van der Waals surface area (Å²) in [5.74, 6) is 0.951. The summed E-state index contributed by atoms with van der Waals surface area (Å²) in [7, 11) is 3.69. The molecule has 7 nitrogen and oxygen atoms in total. The van der Waals surface area contributed by atoms with E-state index in [4.69, 9.17) is 4.99 Å². The summed E-state index contributed by atoms with van der Waals surface area (Å²) in [6, 6.07) is 10.3. The Balaban J connectivity index is 1.78. The topological polar surface area (TPSA) is 74.5 Å². The van der Waals surface area contributed by atoms with Crippen LogP contribution in [0.4, 0.5) is 0 Å². The van der Waals surface area contributed by atoms with E-state index in [0.717, 1.165) is 60.8 Å². The van der Waals surface area contributed by atoms with Gasteiger partial charge in [-0.3, -0.25) is 4.79 Å². The smallest absolute Gasteiger partial charge is 0.230 e. The van der Waals surface area contributed by atoms with Gasteiger partial charge in [-0.2, -0.15) is 5.10 Å². The van der Waals surface area contributed by atoms with E-state index in [1.807, 2.05) is 37.8 Å². The van der Waals surface area contributed by atoms with Crippen LogP contribution in [0.25, 0.3) is 5.69 Å². The van der Waals surface area contributed by atoms with Crippen molar-refractivity contribution in [2.75, 3.05) is 27.2 Å². The molecule has 1 saturated carbocycles. The Kier molecular flexibility index (Phi) is 7.36. The molecule has 1 aromatic carbocycles. The van der Waals surface area contributed by atoms with E-state index in [9.17, 15) is 4.79 Å². The van der Waals surface area contributed by atoms with Crippen molar-refractivity contribution in [2.24, 2.45) is 10.4 Å². The van der Waals surface area contributed by atoms with Gasteiger partial charge in [0.05, 0.1) is 23.3 Å². The van der Waals surface area contributed by atoms with Crippen LogP contribution in [0, 0.1) is 19.3 Å². The van der Waals surface area contributed by atoms with Gasteiger partial charge in [0, 0.05) is 32.9 Å². The van der Waals surface area contributed by atoms with Crippen LogP contribution in [0.5, 0.6) is 0 Å². The maximum Gasteiger partial charge on any atom is 0.230 e. The van der Waals surface area contributed by atoms with Crippen LogP contribution in [0.3, 0.4) is 0 Å². The van der Waals surface area contributed by atoms with Gasteiger partial charge in [0.15, 0.2) is 5.96 Å². The van der Waals surface area contributed by atoms with Gasteiger partial charge in [0.1, 0.15) is 0 Å². The van der Waals surface area contributed by atoms with Gasteiger partial charge in [0.25, 0.3) is 0 Å². The predicted octanol–water partition coefficient (Wildman–Crippen LogP) is 3.19. The zero-order valence-corrected chi connectivity index (χ0v) is 19.5. The van der Waals surface area contributed by atoms with Crippen molar-refractivity contribution in [1.82, 2.24) is 25.3 Å². The standard InChI is InChI=1S/C24H36N6O/c1-6-25-23(27-17-24(13-9-10-14-24)22(31)29(4)5)26-16-20-11-7-8-12-21(20)30-19(3)15-18(2)28-30/h7-8,11-12,15H,6,9-10,13-14,16-17H2,1-5H3,(H2,25,26,27). The number of amides is 1. The first-order chi connectivity index (χ1) is 14.9. The minimum atomic E-state index is -0.332. The van der Waals surface area contributed by atoms with E-state index in [1.165, 1.54) is 0 Å². The Morgan fingerprint density at radius 3 is 2.52 bits per heavy atom. The van der Waals surface area contributed by atoms with Crippen molar-refractivity contribution in [3.8, 4) is 5.69 Å². The summed E-state index contributed by atoms with van der Waals surface area (Å²) in [4.78, 5) is 19.4. The molecule has 31 heavy (non-hydrogen) atoms. The van der Waals surface area contributed by atoms with Gasteiger partial charge < -0.3 is 15.5 Å². The van der Waals surface area contributed by atoms with Crippen molar-refractivity contribution in [2.45, 2.75) is 53.0 Å². The Bertz CT molecular complexity index is 924. The number of aliphatic imine (C=N–C) groups is 1. The molecule has 0 atom stereocenters. The lowest BCUT2D eigenvalue weighted by molar-refractivity contribution is -0.138. The SMILES string of the molecule is CCNC(=NCc1ccccc1-n1nc(C)cc1C)NCC1(C(=O)N(C)C)CCCC1. The maximum absolute atomic E-state index is 12.9. The number of guanidine groups is 1. The third-order valence-corrected chi connectivity index (χ3v) is 6.00. The van der Waals surface area contributed by atoms with Crippen LogP contribution in [0.15, 0.2) is 35.3 Å². The molecule has 1 heterocycles. The summed E-state index contributed by atoms with van der Waals surface area (Å²) in [5, 5.41) is 11.4. The fourth-order valence-corrected chi connectivity index (χ4v) is 4.48. The molecule has 1 aliphatic carbocycles. The predicted molar refractivity (Wildman–Crippen MR) is 125 cm³/mol. The van der Waals surface area contributed by atoms with E-state index >= 15 is 0 Å². The van der Waals surface area contributed by atoms with E-state index in [-0.39, 0.29) is 11.3 Å². The summed E-state index contributed by atoms with van der Waals surface area (Å²) < 4.78 is 1.98. The van der Waals surface area contributed by atoms with E-state index in [1.54, 1.807) is 4.90 Å². The van der Waals surface area contributed by atoms with Gasteiger partial charge in [0.2, 0.25) is 5.91 Å². The highest BCUT2D eigenvalue weighted by Crippen LogP contribution is 2.38. The fraction of sp³-hybridized carbons (Fsp3) is 0.542. The molecule has 3 rings (SSSR count). The molecule has 1 aliphatic rings. The first kappa shape index (κ1) is 22.8. The number of aromatic nitrogens is 2. The maximum atomic E-state index is 12.9. The van der Waals surface area contributed by atoms with Crippen LogP contribution >= 0.6 is 0 Å². The van der Waals surface area contributed by atoms with Crippen molar-refractivity contribution in [3.63, 3.8) is 0 Å². The Morgan fingerprint density at radius 1 is 1.19 bits per heavy atom.